The Morgan fingerprint density at radius 3 is 2.03 bits per heavy atom. The number of piperazine rings is 1. The number of hydrogen-bond acceptors (Lipinski definition) is 6. The van der Waals surface area contributed by atoms with Gasteiger partial charge in [-0.1, -0.05) is 60.7 Å². The van der Waals surface area contributed by atoms with E-state index >= 15 is 0 Å². The molecule has 1 aliphatic carbocycles. The number of rotatable bonds is 4. The zero-order valence-electron chi connectivity index (χ0n) is 20.5. The number of anilines is 1. The number of ether oxygens (including phenoxy) is 1. The Balaban J connectivity index is 1.34. The Hall–Kier alpha value is -3.74. The molecule has 3 aromatic rings. The summed E-state index contributed by atoms with van der Waals surface area (Å²) in [5.41, 5.74) is 2.25. The number of hydrogen-bond donors (Lipinski definition) is 0. The van der Waals surface area contributed by atoms with Crippen molar-refractivity contribution in [1.82, 2.24) is 15.1 Å². The predicted molar refractivity (Wildman–Crippen MR) is 137 cm³/mol. The molecule has 2 fully saturated rings. The molecular weight excluding hydrogens is 438 g/mol. The number of aromatic nitrogens is 2. The Labute approximate surface area is 206 Å². The fraction of sp³-hybridized carbons (Fsp3) is 0.357. The lowest BCUT2D eigenvalue weighted by Gasteiger charge is -2.42. The van der Waals surface area contributed by atoms with Crippen LogP contribution in [0.25, 0.3) is 0 Å². The summed E-state index contributed by atoms with van der Waals surface area (Å²) in [4.78, 5) is 21.7. The quantitative estimate of drug-likeness (QED) is 0.489. The van der Waals surface area contributed by atoms with E-state index in [9.17, 15) is 4.79 Å². The van der Waals surface area contributed by atoms with Gasteiger partial charge >= 0.3 is 6.09 Å². The van der Waals surface area contributed by atoms with Crippen molar-refractivity contribution in [2.45, 2.75) is 44.8 Å². The molecule has 0 N–H and O–H groups in total. The van der Waals surface area contributed by atoms with Crippen LogP contribution < -0.4 is 4.90 Å². The molecule has 0 radical (unpaired) electrons. The molecule has 7 nitrogen and oxygen atoms in total. The lowest BCUT2D eigenvalue weighted by atomic mass is 10.0. The summed E-state index contributed by atoms with van der Waals surface area (Å²) in [5.74, 6) is 1.37. The summed E-state index contributed by atoms with van der Waals surface area (Å²) in [5, 5.41) is 8.93. The van der Waals surface area contributed by atoms with Gasteiger partial charge in [0, 0.05) is 30.8 Å². The van der Waals surface area contributed by atoms with Crippen molar-refractivity contribution in [2.75, 3.05) is 24.5 Å². The molecule has 2 aromatic carbocycles. The van der Waals surface area contributed by atoms with Gasteiger partial charge in [0.1, 0.15) is 5.60 Å². The molecule has 1 aromatic heterocycles. The van der Waals surface area contributed by atoms with Gasteiger partial charge < -0.3 is 9.64 Å². The lowest BCUT2D eigenvalue weighted by Crippen LogP contribution is -2.58. The van der Waals surface area contributed by atoms with Crippen LogP contribution >= 0.6 is 0 Å². The summed E-state index contributed by atoms with van der Waals surface area (Å²) in [7, 11) is 0. The Kier molecular flexibility index (Phi) is 6.01. The van der Waals surface area contributed by atoms with Crippen LogP contribution in [0.4, 0.5) is 16.4 Å². The lowest BCUT2D eigenvalue weighted by molar-refractivity contribution is 0.0106. The topological polar surface area (TPSA) is 70.9 Å². The first-order chi connectivity index (χ1) is 16.8. The Morgan fingerprint density at radius 1 is 0.886 bits per heavy atom. The van der Waals surface area contributed by atoms with E-state index in [2.05, 4.69) is 15.1 Å². The summed E-state index contributed by atoms with van der Waals surface area (Å²) in [6.07, 6.45) is 1.74. The first kappa shape index (κ1) is 23.0. The van der Waals surface area contributed by atoms with Crippen molar-refractivity contribution < 1.29 is 9.53 Å². The van der Waals surface area contributed by atoms with Crippen molar-refractivity contribution in [1.29, 1.82) is 0 Å². The maximum absolute atomic E-state index is 12.7. The van der Waals surface area contributed by atoms with E-state index < -0.39 is 5.60 Å². The third-order valence-electron chi connectivity index (χ3n) is 6.37. The van der Waals surface area contributed by atoms with Gasteiger partial charge in [-0.05, 0) is 45.7 Å². The molecule has 1 aliphatic heterocycles. The van der Waals surface area contributed by atoms with E-state index in [4.69, 9.17) is 9.73 Å². The SMILES string of the molecule is CC(C)(C)OC(=O)N1CCN(c2ccc(N=C(c3ccccc3)c3ccccc3)nn2)CC12CC2. The first-order valence-electron chi connectivity index (χ1n) is 12.1. The molecule has 5 rings (SSSR count). The van der Waals surface area contributed by atoms with Gasteiger partial charge in [-0.3, -0.25) is 4.90 Å². The molecule has 2 heterocycles. The van der Waals surface area contributed by atoms with Crippen LogP contribution in [0.5, 0.6) is 0 Å². The number of carbonyl (C=O) groups is 1. The largest absolute Gasteiger partial charge is 0.444 e. The van der Waals surface area contributed by atoms with Crippen LogP contribution in [-0.2, 0) is 4.74 Å². The standard InChI is InChI=1S/C28H31N5O2/c1-27(2,3)35-26(34)33-19-18-32(20-28(33)16-17-28)24-15-14-23(30-31-24)29-25(21-10-6-4-7-11-21)22-12-8-5-9-13-22/h4-15H,16-20H2,1-3H3. The third-order valence-corrected chi connectivity index (χ3v) is 6.37. The number of aliphatic imine (C=N–C) groups is 1. The normalized spacial score (nSPS) is 16.7. The van der Waals surface area contributed by atoms with E-state index in [1.54, 1.807) is 0 Å². The highest BCUT2D eigenvalue weighted by atomic mass is 16.6. The number of amides is 1. The van der Waals surface area contributed by atoms with Crippen LogP contribution in [0.2, 0.25) is 0 Å². The minimum Gasteiger partial charge on any atom is -0.444 e. The smallest absolute Gasteiger partial charge is 0.410 e. The molecular formula is C28H31N5O2. The zero-order valence-corrected chi connectivity index (χ0v) is 20.5. The molecule has 180 valence electrons. The molecule has 2 aliphatic rings. The zero-order chi connectivity index (χ0) is 24.5. The Morgan fingerprint density at radius 2 is 1.51 bits per heavy atom. The van der Waals surface area contributed by atoms with Gasteiger partial charge in [-0.25, -0.2) is 9.79 Å². The van der Waals surface area contributed by atoms with Crippen molar-refractivity contribution >= 4 is 23.4 Å². The minimum atomic E-state index is -0.496. The first-order valence-corrected chi connectivity index (χ1v) is 12.1. The van der Waals surface area contributed by atoms with Gasteiger partial charge in [-0.15, -0.1) is 10.2 Å². The highest BCUT2D eigenvalue weighted by molar-refractivity contribution is 6.13. The second-order valence-corrected chi connectivity index (χ2v) is 10.2. The van der Waals surface area contributed by atoms with Crippen LogP contribution in [-0.4, -0.2) is 57.7 Å². The maximum atomic E-state index is 12.7. The van der Waals surface area contributed by atoms with Crippen molar-refractivity contribution in [3.63, 3.8) is 0 Å². The summed E-state index contributed by atoms with van der Waals surface area (Å²) >= 11 is 0. The summed E-state index contributed by atoms with van der Waals surface area (Å²) in [6.45, 7) is 7.76. The van der Waals surface area contributed by atoms with Gasteiger partial charge in [-0.2, -0.15) is 0 Å². The second-order valence-electron chi connectivity index (χ2n) is 10.2. The van der Waals surface area contributed by atoms with E-state index in [1.807, 2.05) is 98.5 Å². The highest BCUT2D eigenvalue weighted by Gasteiger charge is 2.54. The monoisotopic (exact) mass is 469 g/mol. The summed E-state index contributed by atoms with van der Waals surface area (Å²) < 4.78 is 5.65. The van der Waals surface area contributed by atoms with Gasteiger partial charge in [0.15, 0.2) is 11.6 Å². The average molecular weight is 470 g/mol. The fourth-order valence-corrected chi connectivity index (χ4v) is 4.50. The molecule has 0 atom stereocenters. The van der Waals surface area contributed by atoms with E-state index in [0.717, 1.165) is 42.0 Å². The predicted octanol–water partition coefficient (Wildman–Crippen LogP) is 5.24. The van der Waals surface area contributed by atoms with E-state index in [1.165, 1.54) is 0 Å². The molecule has 7 heteroatoms. The molecule has 1 amide bonds. The third kappa shape index (κ3) is 5.19. The molecule has 35 heavy (non-hydrogen) atoms. The minimum absolute atomic E-state index is 0.160. The number of nitrogens with zero attached hydrogens (tertiary/aromatic N) is 5. The fourth-order valence-electron chi connectivity index (χ4n) is 4.50. The van der Waals surface area contributed by atoms with Crippen molar-refractivity contribution in [3.8, 4) is 0 Å². The summed E-state index contributed by atoms with van der Waals surface area (Å²) in [6, 6.07) is 24.1. The van der Waals surface area contributed by atoms with E-state index in [0.29, 0.717) is 18.9 Å². The number of benzene rings is 2. The van der Waals surface area contributed by atoms with Gasteiger partial charge in [0.05, 0.1) is 11.3 Å². The van der Waals surface area contributed by atoms with Crippen LogP contribution in [0.1, 0.15) is 44.7 Å². The average Bonchev–Trinajstić information content (AvgIpc) is 3.61. The maximum Gasteiger partial charge on any atom is 0.410 e. The van der Waals surface area contributed by atoms with Crippen molar-refractivity contribution in [2.24, 2.45) is 4.99 Å². The Bertz CT molecular complexity index is 1160. The molecule has 1 saturated carbocycles. The molecule has 1 spiro atoms. The molecule has 0 bridgehead atoms. The molecule has 1 saturated heterocycles. The second kappa shape index (κ2) is 9.13. The molecule has 0 unspecified atom stereocenters. The number of carbonyl (C=O) groups excluding carboxylic acids is 1. The highest BCUT2D eigenvalue weighted by Crippen LogP contribution is 2.45. The van der Waals surface area contributed by atoms with Gasteiger partial charge in [0.25, 0.3) is 0 Å². The van der Waals surface area contributed by atoms with Crippen LogP contribution in [0, 0.1) is 0 Å². The van der Waals surface area contributed by atoms with Crippen LogP contribution in [0.15, 0.2) is 77.8 Å². The van der Waals surface area contributed by atoms with Crippen molar-refractivity contribution in [3.05, 3.63) is 83.9 Å². The van der Waals surface area contributed by atoms with E-state index in [-0.39, 0.29) is 11.6 Å². The van der Waals surface area contributed by atoms with Gasteiger partial charge in [0.2, 0.25) is 0 Å². The van der Waals surface area contributed by atoms with Crippen LogP contribution in [0.3, 0.4) is 0 Å².